The molecule has 0 saturated carbocycles. The third kappa shape index (κ3) is 3.56. The van der Waals surface area contributed by atoms with Gasteiger partial charge in [0.25, 0.3) is 0 Å². The summed E-state index contributed by atoms with van der Waals surface area (Å²) in [6.07, 6.45) is 2.26. The van der Waals surface area contributed by atoms with Gasteiger partial charge < -0.3 is 15.4 Å². The van der Waals surface area contributed by atoms with Crippen LogP contribution in [0.5, 0.6) is 5.75 Å². The van der Waals surface area contributed by atoms with Crippen LogP contribution in [-0.2, 0) is 14.4 Å². The molecule has 2 rings (SSSR count). The molecule has 0 aliphatic heterocycles. The summed E-state index contributed by atoms with van der Waals surface area (Å²) in [6, 6.07) is 6.97. The molecule has 0 bridgehead atoms. The molecule has 1 aliphatic carbocycles. The Balaban J connectivity index is 2.17. The van der Waals surface area contributed by atoms with Crippen molar-refractivity contribution in [2.75, 3.05) is 12.4 Å². The molecule has 0 unspecified atom stereocenters. The van der Waals surface area contributed by atoms with Crippen LogP contribution in [0, 0.1) is 0 Å². The predicted octanol–water partition coefficient (Wildman–Crippen LogP) is 1.16. The number of methoxy groups -OCH3 is 1. The van der Waals surface area contributed by atoms with E-state index in [-0.39, 0.29) is 17.2 Å². The number of nitrogens with one attached hydrogen (secondary N) is 2. The summed E-state index contributed by atoms with van der Waals surface area (Å²) >= 11 is 0. The molecule has 1 amide bonds. The van der Waals surface area contributed by atoms with Gasteiger partial charge in [0.15, 0.2) is 0 Å². The lowest BCUT2D eigenvalue weighted by Gasteiger charge is -2.14. The second-order valence-corrected chi connectivity index (χ2v) is 4.38. The van der Waals surface area contributed by atoms with Crippen LogP contribution < -0.4 is 15.4 Å². The van der Waals surface area contributed by atoms with E-state index < -0.39 is 11.7 Å². The van der Waals surface area contributed by atoms with Gasteiger partial charge in [-0.3, -0.25) is 14.4 Å². The first kappa shape index (κ1) is 14.5. The van der Waals surface area contributed by atoms with Crippen molar-refractivity contribution in [3.05, 3.63) is 47.8 Å². The fourth-order valence-electron chi connectivity index (χ4n) is 1.80. The number of rotatable bonds is 4. The van der Waals surface area contributed by atoms with E-state index in [2.05, 4.69) is 10.6 Å². The quantitative estimate of drug-likeness (QED) is 0.811. The van der Waals surface area contributed by atoms with E-state index in [9.17, 15) is 14.4 Å². The average molecular weight is 286 g/mol. The summed E-state index contributed by atoms with van der Waals surface area (Å²) in [7, 11) is 1.54. The molecule has 0 fully saturated rings. The van der Waals surface area contributed by atoms with Crippen molar-refractivity contribution in [3.63, 3.8) is 0 Å². The van der Waals surface area contributed by atoms with Crippen LogP contribution in [0.25, 0.3) is 0 Å². The van der Waals surface area contributed by atoms with Crippen LogP contribution in [0.2, 0.25) is 0 Å². The van der Waals surface area contributed by atoms with Gasteiger partial charge in [0.05, 0.1) is 18.5 Å². The highest BCUT2D eigenvalue weighted by Crippen LogP contribution is 2.20. The van der Waals surface area contributed by atoms with Gasteiger partial charge in [-0.2, -0.15) is 0 Å². The number of benzene rings is 1. The maximum Gasteiger partial charge on any atom is 0.221 e. The molecule has 0 heterocycles. The number of ether oxygens (including phenoxy) is 1. The van der Waals surface area contributed by atoms with Gasteiger partial charge in [0, 0.05) is 30.8 Å². The normalized spacial score (nSPS) is 14.2. The van der Waals surface area contributed by atoms with Crippen LogP contribution in [0.15, 0.2) is 47.8 Å². The number of allylic oxidation sites excluding steroid dienone is 2. The lowest BCUT2D eigenvalue weighted by Crippen LogP contribution is -2.29. The Kier molecular flexibility index (Phi) is 4.18. The Bertz CT molecular complexity index is 674. The molecule has 6 heteroatoms. The Hall–Kier alpha value is -2.89. The van der Waals surface area contributed by atoms with E-state index in [4.69, 9.17) is 4.74 Å². The molecule has 6 nitrogen and oxygen atoms in total. The van der Waals surface area contributed by atoms with Crippen molar-refractivity contribution in [1.29, 1.82) is 0 Å². The number of carbonyl (C=O) groups is 3. The highest BCUT2D eigenvalue weighted by Gasteiger charge is 2.21. The minimum atomic E-state index is -0.435. The molecular formula is C15H14N2O4. The van der Waals surface area contributed by atoms with Gasteiger partial charge in [0.2, 0.25) is 17.5 Å². The minimum Gasteiger partial charge on any atom is -0.497 e. The maximum atomic E-state index is 11.9. The summed E-state index contributed by atoms with van der Waals surface area (Å²) in [6.45, 7) is 1.27. The first-order valence-corrected chi connectivity index (χ1v) is 6.20. The van der Waals surface area contributed by atoms with Crippen LogP contribution in [0.4, 0.5) is 5.69 Å². The summed E-state index contributed by atoms with van der Waals surface area (Å²) in [5.41, 5.74) is 0.740. The molecule has 0 atom stereocenters. The SMILES string of the molecule is COc1cccc(NC2=CC(=O)C(NC(C)=O)=CC2=O)c1. The topological polar surface area (TPSA) is 84.5 Å². The maximum absolute atomic E-state index is 11.9. The lowest BCUT2D eigenvalue weighted by molar-refractivity contribution is -0.120. The zero-order valence-corrected chi connectivity index (χ0v) is 11.6. The lowest BCUT2D eigenvalue weighted by atomic mass is 10.1. The molecule has 0 saturated heterocycles. The molecule has 0 radical (unpaired) electrons. The summed E-state index contributed by atoms with van der Waals surface area (Å²) in [4.78, 5) is 34.7. The van der Waals surface area contributed by atoms with E-state index >= 15 is 0 Å². The molecule has 2 N–H and O–H groups in total. The zero-order valence-electron chi connectivity index (χ0n) is 11.6. The van der Waals surface area contributed by atoms with Gasteiger partial charge in [-0.1, -0.05) is 6.07 Å². The summed E-state index contributed by atoms with van der Waals surface area (Å²) < 4.78 is 5.08. The number of anilines is 1. The van der Waals surface area contributed by atoms with Gasteiger partial charge >= 0.3 is 0 Å². The molecule has 21 heavy (non-hydrogen) atoms. The van der Waals surface area contributed by atoms with E-state index in [1.807, 2.05) is 0 Å². The van der Waals surface area contributed by atoms with Gasteiger partial charge in [-0.15, -0.1) is 0 Å². The van der Waals surface area contributed by atoms with Crippen molar-refractivity contribution < 1.29 is 19.1 Å². The molecule has 0 aromatic heterocycles. The van der Waals surface area contributed by atoms with Crippen molar-refractivity contribution in [1.82, 2.24) is 5.32 Å². The van der Waals surface area contributed by atoms with Crippen molar-refractivity contribution in [3.8, 4) is 5.75 Å². The van der Waals surface area contributed by atoms with Crippen LogP contribution in [0.1, 0.15) is 6.92 Å². The standard InChI is InChI=1S/C15H14N2O4/c1-9(18)16-12-7-15(20)13(8-14(12)19)17-10-4-3-5-11(6-10)21-2/h3-8,17H,1-2H3,(H,16,18). The molecule has 0 spiro atoms. The Morgan fingerprint density at radius 3 is 2.43 bits per heavy atom. The fraction of sp³-hybridized carbons (Fsp3) is 0.133. The average Bonchev–Trinajstić information content (AvgIpc) is 2.44. The fourth-order valence-corrected chi connectivity index (χ4v) is 1.80. The Labute approximate surface area is 121 Å². The van der Waals surface area contributed by atoms with Crippen molar-refractivity contribution in [2.45, 2.75) is 6.92 Å². The highest BCUT2D eigenvalue weighted by atomic mass is 16.5. The van der Waals surface area contributed by atoms with Crippen molar-refractivity contribution >= 4 is 23.2 Å². The largest absolute Gasteiger partial charge is 0.497 e. The van der Waals surface area contributed by atoms with E-state index in [0.717, 1.165) is 12.2 Å². The summed E-state index contributed by atoms with van der Waals surface area (Å²) in [5.74, 6) is -0.596. The van der Waals surface area contributed by atoms with Crippen LogP contribution in [-0.4, -0.2) is 24.6 Å². The number of amides is 1. The van der Waals surface area contributed by atoms with Crippen LogP contribution in [0.3, 0.4) is 0 Å². The van der Waals surface area contributed by atoms with Gasteiger partial charge in [0.1, 0.15) is 5.75 Å². The smallest absolute Gasteiger partial charge is 0.221 e. The molecule has 1 aliphatic rings. The third-order valence-corrected chi connectivity index (χ3v) is 2.74. The summed E-state index contributed by atoms with van der Waals surface area (Å²) in [5, 5.41) is 5.19. The van der Waals surface area contributed by atoms with E-state index in [1.165, 1.54) is 14.0 Å². The number of ketones is 2. The number of hydrogen-bond acceptors (Lipinski definition) is 5. The second-order valence-electron chi connectivity index (χ2n) is 4.38. The highest BCUT2D eigenvalue weighted by molar-refractivity contribution is 6.21. The zero-order chi connectivity index (χ0) is 15.4. The Morgan fingerprint density at radius 1 is 1.10 bits per heavy atom. The van der Waals surface area contributed by atoms with Crippen molar-refractivity contribution in [2.24, 2.45) is 0 Å². The molecule has 108 valence electrons. The molecule has 1 aromatic carbocycles. The minimum absolute atomic E-state index is 0.0244. The number of hydrogen-bond donors (Lipinski definition) is 2. The van der Waals surface area contributed by atoms with Crippen LogP contribution >= 0.6 is 0 Å². The first-order chi connectivity index (χ1) is 9.99. The predicted molar refractivity (Wildman–Crippen MR) is 76.6 cm³/mol. The van der Waals surface area contributed by atoms with E-state index in [0.29, 0.717) is 11.4 Å². The number of carbonyl (C=O) groups excluding carboxylic acids is 3. The van der Waals surface area contributed by atoms with Gasteiger partial charge in [-0.05, 0) is 12.1 Å². The van der Waals surface area contributed by atoms with Gasteiger partial charge in [-0.25, -0.2) is 0 Å². The first-order valence-electron chi connectivity index (χ1n) is 6.20. The molecule has 1 aromatic rings. The second kappa shape index (κ2) is 6.04. The Morgan fingerprint density at radius 2 is 1.76 bits per heavy atom. The van der Waals surface area contributed by atoms with E-state index in [1.54, 1.807) is 24.3 Å². The third-order valence-electron chi connectivity index (χ3n) is 2.74. The molecular weight excluding hydrogens is 272 g/mol. The monoisotopic (exact) mass is 286 g/mol.